The van der Waals surface area contributed by atoms with Crippen LogP contribution < -0.4 is 9.47 Å². The van der Waals surface area contributed by atoms with Crippen LogP contribution in [0.25, 0.3) is 0 Å². The molecule has 0 fully saturated rings. The van der Waals surface area contributed by atoms with Crippen LogP contribution in [0.5, 0.6) is 11.5 Å². The van der Waals surface area contributed by atoms with Crippen LogP contribution in [0.3, 0.4) is 0 Å². The molecule has 1 aliphatic heterocycles. The van der Waals surface area contributed by atoms with Crippen LogP contribution in [-0.2, 0) is 6.42 Å². The van der Waals surface area contributed by atoms with Crippen molar-refractivity contribution in [3.8, 4) is 11.5 Å². The van der Waals surface area contributed by atoms with Gasteiger partial charge in [-0.15, -0.1) is 0 Å². The summed E-state index contributed by atoms with van der Waals surface area (Å²) >= 11 is 3.36. The molecule has 0 spiro atoms. The van der Waals surface area contributed by atoms with Crippen molar-refractivity contribution in [3.05, 3.63) is 57.8 Å². The lowest BCUT2D eigenvalue weighted by Gasteiger charge is -2.19. The Morgan fingerprint density at radius 2 is 1.81 bits per heavy atom. The van der Waals surface area contributed by atoms with Crippen LogP contribution in [0.2, 0.25) is 0 Å². The average molecular weight is 351 g/mol. The van der Waals surface area contributed by atoms with Gasteiger partial charge >= 0.3 is 0 Å². The normalized spacial score (nSPS) is 13.0. The molecule has 0 bridgehead atoms. The van der Waals surface area contributed by atoms with Gasteiger partial charge in [-0.25, -0.2) is 4.39 Å². The predicted octanol–water partition coefficient (Wildman–Crippen LogP) is 3.78. The number of carbonyl (C=O) groups is 1. The molecule has 0 aromatic heterocycles. The minimum Gasteiger partial charge on any atom is -0.486 e. The van der Waals surface area contributed by atoms with Crippen LogP contribution in [-0.4, -0.2) is 19.0 Å². The molecule has 5 heteroatoms. The van der Waals surface area contributed by atoms with E-state index in [0.29, 0.717) is 40.3 Å². The van der Waals surface area contributed by atoms with Crippen molar-refractivity contribution in [1.29, 1.82) is 0 Å². The predicted molar refractivity (Wildman–Crippen MR) is 79.6 cm³/mol. The Morgan fingerprint density at radius 3 is 2.52 bits per heavy atom. The summed E-state index contributed by atoms with van der Waals surface area (Å²) in [5, 5.41) is 0. The van der Waals surface area contributed by atoms with E-state index >= 15 is 0 Å². The first-order chi connectivity index (χ1) is 10.1. The van der Waals surface area contributed by atoms with Gasteiger partial charge < -0.3 is 9.47 Å². The zero-order valence-corrected chi connectivity index (χ0v) is 12.7. The number of rotatable bonds is 3. The molecule has 0 saturated heterocycles. The molecule has 1 aliphatic rings. The molecule has 1 heterocycles. The summed E-state index contributed by atoms with van der Waals surface area (Å²) in [5.74, 6) is 0.598. The molecule has 0 aliphatic carbocycles. The Morgan fingerprint density at radius 1 is 1.14 bits per heavy atom. The van der Waals surface area contributed by atoms with Gasteiger partial charge in [0.2, 0.25) is 0 Å². The lowest BCUT2D eigenvalue weighted by Crippen LogP contribution is -2.16. The summed E-state index contributed by atoms with van der Waals surface area (Å²) in [5.41, 5.74) is 0.840. The molecule has 108 valence electrons. The largest absolute Gasteiger partial charge is 0.486 e. The number of halogens is 2. The van der Waals surface area contributed by atoms with Crippen molar-refractivity contribution < 1.29 is 18.7 Å². The Bertz CT molecular complexity index is 700. The van der Waals surface area contributed by atoms with E-state index in [1.807, 2.05) is 0 Å². The molecule has 0 radical (unpaired) electrons. The molecular formula is C16H12BrFO3. The van der Waals surface area contributed by atoms with Gasteiger partial charge in [-0.05, 0) is 39.7 Å². The van der Waals surface area contributed by atoms with Crippen LogP contribution >= 0.6 is 15.9 Å². The first-order valence-corrected chi connectivity index (χ1v) is 7.30. The van der Waals surface area contributed by atoms with Gasteiger partial charge in [0.25, 0.3) is 0 Å². The van der Waals surface area contributed by atoms with Gasteiger partial charge in [-0.3, -0.25) is 4.79 Å². The maximum absolute atomic E-state index is 13.6. The summed E-state index contributed by atoms with van der Waals surface area (Å²) < 4.78 is 25.2. The maximum atomic E-state index is 13.6. The average Bonchev–Trinajstić information content (AvgIpc) is 2.49. The van der Waals surface area contributed by atoms with Gasteiger partial charge in [-0.1, -0.05) is 18.2 Å². The third-order valence-corrected chi connectivity index (χ3v) is 3.90. The molecule has 3 nitrogen and oxygen atoms in total. The van der Waals surface area contributed by atoms with Crippen LogP contribution in [0.1, 0.15) is 15.9 Å². The molecule has 0 amide bonds. The highest BCUT2D eigenvalue weighted by atomic mass is 79.9. The summed E-state index contributed by atoms with van der Waals surface area (Å²) in [7, 11) is 0. The summed E-state index contributed by atoms with van der Waals surface area (Å²) in [6, 6.07) is 9.62. The van der Waals surface area contributed by atoms with E-state index in [2.05, 4.69) is 15.9 Å². The van der Waals surface area contributed by atoms with Crippen LogP contribution in [0, 0.1) is 5.82 Å². The van der Waals surface area contributed by atoms with E-state index in [9.17, 15) is 9.18 Å². The summed E-state index contributed by atoms with van der Waals surface area (Å²) in [4.78, 5) is 12.4. The second-order valence-corrected chi connectivity index (χ2v) is 5.52. The lowest BCUT2D eigenvalue weighted by atomic mass is 10.0. The summed E-state index contributed by atoms with van der Waals surface area (Å²) in [6.45, 7) is 0.942. The number of hydrogen-bond acceptors (Lipinski definition) is 3. The van der Waals surface area contributed by atoms with E-state index in [0.717, 1.165) is 0 Å². The van der Waals surface area contributed by atoms with Crippen LogP contribution in [0.15, 0.2) is 40.9 Å². The van der Waals surface area contributed by atoms with E-state index < -0.39 is 0 Å². The van der Waals surface area contributed by atoms with Crippen molar-refractivity contribution in [2.45, 2.75) is 6.42 Å². The number of fused-ring (bicyclic) bond motifs is 1. The molecule has 2 aromatic carbocycles. The Kier molecular flexibility index (Phi) is 3.92. The highest BCUT2D eigenvalue weighted by Crippen LogP contribution is 2.36. The third kappa shape index (κ3) is 2.93. The van der Waals surface area contributed by atoms with Crippen molar-refractivity contribution in [2.75, 3.05) is 13.2 Å². The SMILES string of the molecule is O=C(Cc1ccccc1F)c1cc2c(cc1Br)OCCO2. The first-order valence-electron chi connectivity index (χ1n) is 6.51. The van der Waals surface area contributed by atoms with E-state index in [1.165, 1.54) is 6.07 Å². The van der Waals surface area contributed by atoms with Crippen molar-refractivity contribution in [2.24, 2.45) is 0 Å². The number of Topliss-reactive ketones (excluding diaryl/α,β-unsaturated/α-hetero) is 1. The first kappa shape index (κ1) is 14.1. The Balaban J connectivity index is 1.89. The van der Waals surface area contributed by atoms with E-state index in [-0.39, 0.29) is 18.0 Å². The van der Waals surface area contributed by atoms with Gasteiger partial charge in [0.15, 0.2) is 17.3 Å². The van der Waals surface area contributed by atoms with Gasteiger partial charge in [0.05, 0.1) is 0 Å². The minimum absolute atomic E-state index is 0.00488. The molecule has 0 saturated carbocycles. The number of ether oxygens (including phenoxy) is 2. The standard InChI is InChI=1S/C16H12BrFO3/c17-12-9-16-15(20-5-6-21-16)8-11(12)14(19)7-10-3-1-2-4-13(10)18/h1-4,8-9H,5-7H2. The topological polar surface area (TPSA) is 35.5 Å². The smallest absolute Gasteiger partial charge is 0.168 e. The fourth-order valence-corrected chi connectivity index (χ4v) is 2.73. The Hall–Kier alpha value is -1.88. The quantitative estimate of drug-likeness (QED) is 0.790. The van der Waals surface area contributed by atoms with Crippen molar-refractivity contribution >= 4 is 21.7 Å². The zero-order chi connectivity index (χ0) is 14.8. The van der Waals surface area contributed by atoms with Crippen molar-refractivity contribution in [1.82, 2.24) is 0 Å². The van der Waals surface area contributed by atoms with Crippen molar-refractivity contribution in [3.63, 3.8) is 0 Å². The van der Waals surface area contributed by atoms with E-state index in [1.54, 1.807) is 30.3 Å². The second-order valence-electron chi connectivity index (χ2n) is 4.67. The minimum atomic E-state index is -0.375. The maximum Gasteiger partial charge on any atom is 0.168 e. The fourth-order valence-electron chi connectivity index (χ4n) is 2.19. The van der Waals surface area contributed by atoms with Crippen LogP contribution in [0.4, 0.5) is 4.39 Å². The van der Waals surface area contributed by atoms with Gasteiger partial charge in [0, 0.05) is 16.5 Å². The molecule has 0 atom stereocenters. The molecular weight excluding hydrogens is 339 g/mol. The summed E-state index contributed by atoms with van der Waals surface area (Å²) in [6.07, 6.45) is 0.00488. The molecule has 0 N–H and O–H groups in total. The third-order valence-electron chi connectivity index (χ3n) is 3.24. The number of ketones is 1. The van der Waals surface area contributed by atoms with Gasteiger partial charge in [-0.2, -0.15) is 0 Å². The zero-order valence-electron chi connectivity index (χ0n) is 11.1. The molecule has 21 heavy (non-hydrogen) atoms. The monoisotopic (exact) mass is 350 g/mol. The highest BCUT2D eigenvalue weighted by Gasteiger charge is 2.19. The number of benzene rings is 2. The van der Waals surface area contributed by atoms with E-state index in [4.69, 9.17) is 9.47 Å². The van der Waals surface area contributed by atoms with Gasteiger partial charge in [0.1, 0.15) is 19.0 Å². The molecule has 3 rings (SSSR count). The second kappa shape index (κ2) is 5.85. The fraction of sp³-hybridized carbons (Fsp3) is 0.188. The number of hydrogen-bond donors (Lipinski definition) is 0. The Labute approximate surface area is 129 Å². The number of carbonyl (C=O) groups excluding carboxylic acids is 1. The highest BCUT2D eigenvalue weighted by molar-refractivity contribution is 9.10. The molecule has 0 unspecified atom stereocenters. The lowest BCUT2D eigenvalue weighted by molar-refractivity contribution is 0.0989. The molecule has 2 aromatic rings.